The van der Waals surface area contributed by atoms with Crippen LogP contribution < -0.4 is 0 Å². The molecule has 0 fully saturated rings. The van der Waals surface area contributed by atoms with Gasteiger partial charge < -0.3 is 4.98 Å². The lowest BCUT2D eigenvalue weighted by Crippen LogP contribution is -1.75. The zero-order valence-corrected chi connectivity index (χ0v) is 7.77. The quantitative estimate of drug-likeness (QED) is 0.686. The van der Waals surface area contributed by atoms with Gasteiger partial charge in [0, 0.05) is 21.6 Å². The van der Waals surface area contributed by atoms with Crippen LogP contribution in [-0.4, -0.2) is 4.98 Å². The maximum absolute atomic E-state index is 3.49. The molecule has 0 saturated heterocycles. The lowest BCUT2D eigenvalue weighted by Gasteiger charge is -1.97. The molecule has 0 atom stereocenters. The molecule has 11 heavy (non-hydrogen) atoms. The fraction of sp³-hybridized carbons (Fsp3) is 0.111. The molecule has 56 valence electrons. The molecule has 1 nitrogen and oxygen atoms in total. The van der Waals surface area contributed by atoms with Gasteiger partial charge in [-0.25, -0.2) is 0 Å². The standard InChI is InChI=1S/C9H8BrN/c1-6-7-4-5-11-9(7)3-2-8(6)10/h2-5,11H,1H3. The number of aryl methyl sites for hydroxylation is 1. The summed E-state index contributed by atoms with van der Waals surface area (Å²) in [5.41, 5.74) is 2.49. The van der Waals surface area contributed by atoms with Crippen LogP contribution in [0.1, 0.15) is 5.56 Å². The van der Waals surface area contributed by atoms with Crippen molar-refractivity contribution in [3.05, 3.63) is 34.4 Å². The van der Waals surface area contributed by atoms with Crippen molar-refractivity contribution < 1.29 is 0 Å². The van der Waals surface area contributed by atoms with Gasteiger partial charge >= 0.3 is 0 Å². The van der Waals surface area contributed by atoms with Gasteiger partial charge in [-0.2, -0.15) is 0 Å². The van der Waals surface area contributed by atoms with Crippen LogP contribution in [0.3, 0.4) is 0 Å². The Balaban J connectivity index is 2.93. The number of aromatic amines is 1. The Morgan fingerprint density at radius 1 is 1.27 bits per heavy atom. The van der Waals surface area contributed by atoms with Crippen LogP contribution in [-0.2, 0) is 0 Å². The van der Waals surface area contributed by atoms with E-state index in [0.29, 0.717) is 0 Å². The Morgan fingerprint density at radius 2 is 2.09 bits per heavy atom. The second kappa shape index (κ2) is 2.38. The maximum Gasteiger partial charge on any atom is 0.0457 e. The summed E-state index contributed by atoms with van der Waals surface area (Å²) in [7, 11) is 0. The fourth-order valence-corrected chi connectivity index (χ4v) is 1.60. The van der Waals surface area contributed by atoms with Crippen molar-refractivity contribution in [3.63, 3.8) is 0 Å². The Kier molecular flexibility index (Phi) is 1.50. The van der Waals surface area contributed by atoms with Crippen LogP contribution in [0.5, 0.6) is 0 Å². The number of rotatable bonds is 0. The van der Waals surface area contributed by atoms with Crippen molar-refractivity contribution in [1.82, 2.24) is 4.98 Å². The zero-order chi connectivity index (χ0) is 7.84. The van der Waals surface area contributed by atoms with E-state index >= 15 is 0 Å². The molecule has 1 aromatic carbocycles. The van der Waals surface area contributed by atoms with E-state index in [1.54, 1.807) is 0 Å². The number of hydrogen-bond acceptors (Lipinski definition) is 0. The molecule has 0 bridgehead atoms. The van der Waals surface area contributed by atoms with Crippen LogP contribution in [0, 0.1) is 6.92 Å². The van der Waals surface area contributed by atoms with E-state index in [-0.39, 0.29) is 0 Å². The number of hydrogen-bond donors (Lipinski definition) is 1. The van der Waals surface area contributed by atoms with E-state index in [2.05, 4.69) is 46.0 Å². The second-order valence-corrected chi connectivity index (χ2v) is 3.47. The predicted molar refractivity (Wildman–Crippen MR) is 50.7 cm³/mol. The van der Waals surface area contributed by atoms with E-state index < -0.39 is 0 Å². The molecule has 0 spiro atoms. The summed E-state index contributed by atoms with van der Waals surface area (Å²) in [6.45, 7) is 2.11. The molecule has 0 amide bonds. The smallest absolute Gasteiger partial charge is 0.0457 e. The SMILES string of the molecule is Cc1c(Br)ccc2[nH]ccc12. The molecule has 0 radical (unpaired) electrons. The minimum absolute atomic E-state index is 1.17. The third-order valence-electron chi connectivity index (χ3n) is 1.94. The summed E-state index contributed by atoms with van der Waals surface area (Å²) in [4.78, 5) is 3.17. The number of halogens is 1. The van der Waals surface area contributed by atoms with Gasteiger partial charge in [0.1, 0.15) is 0 Å². The summed E-state index contributed by atoms with van der Waals surface area (Å²) < 4.78 is 1.17. The van der Waals surface area contributed by atoms with Crippen molar-refractivity contribution in [2.24, 2.45) is 0 Å². The van der Waals surface area contributed by atoms with Crippen LogP contribution >= 0.6 is 15.9 Å². The van der Waals surface area contributed by atoms with E-state index in [4.69, 9.17) is 0 Å². The molecule has 2 heteroatoms. The summed E-state index contributed by atoms with van der Waals surface area (Å²) in [6, 6.07) is 6.23. The average molecular weight is 210 g/mol. The van der Waals surface area contributed by atoms with Gasteiger partial charge in [0.15, 0.2) is 0 Å². The van der Waals surface area contributed by atoms with Gasteiger partial charge in [0.05, 0.1) is 0 Å². The molecule has 0 aliphatic heterocycles. The van der Waals surface area contributed by atoms with Crippen molar-refractivity contribution in [2.45, 2.75) is 6.92 Å². The first-order valence-electron chi connectivity index (χ1n) is 3.51. The van der Waals surface area contributed by atoms with Gasteiger partial charge in [0.25, 0.3) is 0 Å². The van der Waals surface area contributed by atoms with Crippen LogP contribution in [0.25, 0.3) is 10.9 Å². The second-order valence-electron chi connectivity index (χ2n) is 2.61. The number of H-pyrrole nitrogens is 1. The highest BCUT2D eigenvalue weighted by molar-refractivity contribution is 9.10. The van der Waals surface area contributed by atoms with E-state index in [1.165, 1.54) is 20.9 Å². The van der Waals surface area contributed by atoms with Gasteiger partial charge in [-0.1, -0.05) is 15.9 Å². The lowest BCUT2D eigenvalue weighted by molar-refractivity contribution is 1.45. The predicted octanol–water partition coefficient (Wildman–Crippen LogP) is 3.24. The maximum atomic E-state index is 3.49. The summed E-state index contributed by atoms with van der Waals surface area (Å²) in [5, 5.41) is 1.29. The third kappa shape index (κ3) is 0.979. The largest absolute Gasteiger partial charge is 0.361 e. The minimum Gasteiger partial charge on any atom is -0.361 e. The Hall–Kier alpha value is -0.760. The molecule has 1 heterocycles. The highest BCUT2D eigenvalue weighted by atomic mass is 79.9. The highest BCUT2D eigenvalue weighted by Crippen LogP contribution is 2.24. The van der Waals surface area contributed by atoms with Crippen molar-refractivity contribution in [2.75, 3.05) is 0 Å². The van der Waals surface area contributed by atoms with E-state index in [1.807, 2.05) is 6.20 Å². The van der Waals surface area contributed by atoms with E-state index in [0.717, 1.165) is 0 Å². The monoisotopic (exact) mass is 209 g/mol. The number of nitrogens with one attached hydrogen (secondary N) is 1. The van der Waals surface area contributed by atoms with Crippen molar-refractivity contribution in [1.29, 1.82) is 0 Å². The zero-order valence-electron chi connectivity index (χ0n) is 6.19. The Labute approximate surface area is 73.6 Å². The first-order valence-corrected chi connectivity index (χ1v) is 4.30. The van der Waals surface area contributed by atoms with Gasteiger partial charge in [0.2, 0.25) is 0 Å². The molecule has 0 aliphatic carbocycles. The first-order chi connectivity index (χ1) is 5.29. The third-order valence-corrected chi connectivity index (χ3v) is 2.80. The van der Waals surface area contributed by atoms with Gasteiger partial charge in [-0.05, 0) is 30.7 Å². The molecule has 2 rings (SSSR count). The molecule has 1 N–H and O–H groups in total. The van der Waals surface area contributed by atoms with Gasteiger partial charge in [-0.3, -0.25) is 0 Å². The number of benzene rings is 1. The first kappa shape index (κ1) is 6.92. The van der Waals surface area contributed by atoms with Crippen molar-refractivity contribution in [3.8, 4) is 0 Å². The highest BCUT2D eigenvalue weighted by Gasteiger charge is 1.99. The van der Waals surface area contributed by atoms with Crippen LogP contribution in [0.15, 0.2) is 28.9 Å². The summed E-state index contributed by atoms with van der Waals surface area (Å²) in [5.74, 6) is 0. The van der Waals surface area contributed by atoms with Gasteiger partial charge in [-0.15, -0.1) is 0 Å². The topological polar surface area (TPSA) is 15.8 Å². The molecule has 0 saturated carbocycles. The molecule has 2 aromatic rings. The minimum atomic E-state index is 1.17. The Morgan fingerprint density at radius 3 is 2.91 bits per heavy atom. The molecule has 0 unspecified atom stereocenters. The Bertz CT molecular complexity index is 389. The molecular weight excluding hydrogens is 202 g/mol. The summed E-state index contributed by atoms with van der Waals surface area (Å²) in [6.07, 6.45) is 1.96. The number of aromatic nitrogens is 1. The van der Waals surface area contributed by atoms with Crippen LogP contribution in [0.2, 0.25) is 0 Å². The molecule has 0 aliphatic rings. The number of fused-ring (bicyclic) bond motifs is 1. The normalized spacial score (nSPS) is 10.7. The van der Waals surface area contributed by atoms with Crippen LogP contribution in [0.4, 0.5) is 0 Å². The fourth-order valence-electron chi connectivity index (χ4n) is 1.26. The van der Waals surface area contributed by atoms with E-state index in [9.17, 15) is 0 Å². The average Bonchev–Trinajstić information content (AvgIpc) is 2.45. The van der Waals surface area contributed by atoms with Crippen molar-refractivity contribution >= 4 is 26.8 Å². The molecule has 1 aromatic heterocycles. The summed E-state index contributed by atoms with van der Waals surface area (Å²) >= 11 is 3.49. The molecular formula is C9H8BrN. The lowest BCUT2D eigenvalue weighted by atomic mass is 10.1.